The van der Waals surface area contributed by atoms with E-state index in [1.807, 2.05) is 11.5 Å². The zero-order chi connectivity index (χ0) is 28.4. The van der Waals surface area contributed by atoms with Crippen LogP contribution in [0, 0.1) is 6.92 Å². The predicted octanol–water partition coefficient (Wildman–Crippen LogP) is 6.58. The van der Waals surface area contributed by atoms with Crippen molar-refractivity contribution in [3.63, 3.8) is 0 Å². The maximum absolute atomic E-state index is 12.7. The molecule has 0 unspecified atom stereocenters. The van der Waals surface area contributed by atoms with Crippen LogP contribution in [0.5, 0.6) is 5.75 Å². The van der Waals surface area contributed by atoms with Gasteiger partial charge in [0.05, 0.1) is 30.2 Å². The number of esters is 1. The monoisotopic (exact) mass is 614 g/mol. The molecule has 1 amide bonds. The number of carbonyl (C=O) groups is 2. The van der Waals surface area contributed by atoms with E-state index in [4.69, 9.17) is 9.47 Å². The number of amides is 1. The molecule has 3 rings (SSSR count). The quantitative estimate of drug-likeness (QED) is 0.0948. The molecule has 208 valence electrons. The Labute approximate surface area is 242 Å². The molecule has 0 spiro atoms. The number of halogens is 1. The van der Waals surface area contributed by atoms with E-state index >= 15 is 0 Å². The highest BCUT2D eigenvalue weighted by Crippen LogP contribution is 2.32. The zero-order valence-corrected chi connectivity index (χ0v) is 25.2. The molecule has 2 aromatic carbocycles. The van der Waals surface area contributed by atoms with Crippen LogP contribution in [0.2, 0.25) is 0 Å². The Bertz CT molecular complexity index is 1310. The number of rotatable bonds is 14. The van der Waals surface area contributed by atoms with Crippen molar-refractivity contribution in [1.29, 1.82) is 0 Å². The normalized spacial score (nSPS) is 10.9. The summed E-state index contributed by atoms with van der Waals surface area (Å²) >= 11 is 4.93. The van der Waals surface area contributed by atoms with Gasteiger partial charge in [-0.2, -0.15) is 0 Å². The van der Waals surface area contributed by atoms with Crippen molar-refractivity contribution in [1.82, 2.24) is 14.8 Å². The second kappa shape index (κ2) is 14.9. The van der Waals surface area contributed by atoms with E-state index in [0.717, 1.165) is 28.0 Å². The lowest BCUT2D eigenvalue weighted by Crippen LogP contribution is -2.18. The minimum Gasteiger partial charge on any atom is -0.493 e. The average Bonchev–Trinajstić information content (AvgIpc) is 3.28. The Morgan fingerprint density at radius 3 is 2.72 bits per heavy atom. The van der Waals surface area contributed by atoms with Crippen LogP contribution in [0.1, 0.15) is 60.4 Å². The first-order valence-electron chi connectivity index (χ1n) is 12.9. The number of para-hydroxylation sites is 1. The summed E-state index contributed by atoms with van der Waals surface area (Å²) < 4.78 is 14.2. The van der Waals surface area contributed by atoms with Gasteiger partial charge in [-0.3, -0.25) is 4.79 Å². The van der Waals surface area contributed by atoms with Gasteiger partial charge in [-0.05, 0) is 61.6 Å². The summed E-state index contributed by atoms with van der Waals surface area (Å²) in [5.41, 5.74) is 3.03. The molecule has 0 bridgehead atoms. The molecule has 0 aliphatic rings. The van der Waals surface area contributed by atoms with Crippen LogP contribution in [-0.2, 0) is 22.5 Å². The number of thioether (sulfide) groups is 1. The van der Waals surface area contributed by atoms with Crippen molar-refractivity contribution < 1.29 is 19.1 Å². The Morgan fingerprint density at radius 1 is 1.23 bits per heavy atom. The first kappa shape index (κ1) is 30.4. The van der Waals surface area contributed by atoms with Gasteiger partial charge in [0.15, 0.2) is 5.16 Å². The minimum atomic E-state index is -0.476. The van der Waals surface area contributed by atoms with Gasteiger partial charge in [0.25, 0.3) is 0 Å². The van der Waals surface area contributed by atoms with Crippen molar-refractivity contribution in [2.24, 2.45) is 0 Å². The SMILES string of the molecule is C=CCn1c(CCCOc2cc(C(C)C)c(Br)cc2C)nnc1SCC(=O)Nc1ccccc1C(=O)OCC. The summed E-state index contributed by atoms with van der Waals surface area (Å²) in [6.07, 6.45) is 3.21. The number of nitrogens with zero attached hydrogens (tertiary/aromatic N) is 3. The molecule has 1 heterocycles. The zero-order valence-electron chi connectivity index (χ0n) is 22.8. The van der Waals surface area contributed by atoms with E-state index < -0.39 is 5.97 Å². The molecule has 8 nitrogen and oxygen atoms in total. The van der Waals surface area contributed by atoms with Crippen molar-refractivity contribution in [3.05, 3.63) is 76.0 Å². The van der Waals surface area contributed by atoms with E-state index in [-0.39, 0.29) is 18.3 Å². The van der Waals surface area contributed by atoms with Crippen LogP contribution >= 0.6 is 27.7 Å². The number of ether oxygens (including phenoxy) is 2. The molecule has 10 heteroatoms. The number of carbonyl (C=O) groups excluding carboxylic acids is 2. The fraction of sp³-hybridized carbons (Fsp3) is 0.379. The number of hydrogen-bond acceptors (Lipinski definition) is 7. The Kier molecular flexibility index (Phi) is 11.6. The standard InChI is InChI=1S/C29H35BrN4O4S/c1-6-14-34-26(13-10-15-38-25-17-22(19(3)4)23(30)16-20(25)5)32-33-29(34)39-18-27(35)31-24-12-9-8-11-21(24)28(36)37-7-2/h6,8-9,11-12,16-17,19H,1,7,10,13-15,18H2,2-5H3,(H,31,35). The molecule has 0 aliphatic carbocycles. The van der Waals surface area contributed by atoms with E-state index in [0.29, 0.717) is 41.9 Å². The van der Waals surface area contributed by atoms with Crippen molar-refractivity contribution in [3.8, 4) is 5.75 Å². The number of anilines is 1. The maximum Gasteiger partial charge on any atom is 0.340 e. The van der Waals surface area contributed by atoms with E-state index in [2.05, 4.69) is 64.0 Å². The van der Waals surface area contributed by atoms with Gasteiger partial charge < -0.3 is 19.4 Å². The number of nitrogens with one attached hydrogen (secondary N) is 1. The van der Waals surface area contributed by atoms with Crippen molar-refractivity contribution >= 4 is 45.3 Å². The Balaban J connectivity index is 1.58. The van der Waals surface area contributed by atoms with Crippen LogP contribution in [0.15, 0.2) is 58.7 Å². The molecule has 3 aromatic rings. The van der Waals surface area contributed by atoms with Gasteiger partial charge in [0, 0.05) is 17.4 Å². The number of aromatic nitrogens is 3. The van der Waals surface area contributed by atoms with Crippen LogP contribution in [0.25, 0.3) is 0 Å². The highest BCUT2D eigenvalue weighted by Gasteiger charge is 2.17. The largest absolute Gasteiger partial charge is 0.493 e. The summed E-state index contributed by atoms with van der Waals surface area (Å²) in [6, 6.07) is 11.0. The Hall–Kier alpha value is -3.11. The number of benzene rings is 2. The highest BCUT2D eigenvalue weighted by molar-refractivity contribution is 9.10. The first-order chi connectivity index (χ1) is 18.7. The molecule has 0 fully saturated rings. The third-order valence-corrected chi connectivity index (χ3v) is 7.51. The summed E-state index contributed by atoms with van der Waals surface area (Å²) in [5.74, 6) is 1.47. The van der Waals surface area contributed by atoms with Crippen molar-refractivity contribution in [2.75, 3.05) is 24.3 Å². The fourth-order valence-electron chi connectivity index (χ4n) is 3.90. The Morgan fingerprint density at radius 2 is 2.00 bits per heavy atom. The van der Waals surface area contributed by atoms with Gasteiger partial charge in [-0.1, -0.05) is 59.7 Å². The van der Waals surface area contributed by atoms with Gasteiger partial charge >= 0.3 is 5.97 Å². The van der Waals surface area contributed by atoms with Crippen LogP contribution in [-0.4, -0.2) is 45.6 Å². The van der Waals surface area contributed by atoms with Crippen LogP contribution in [0.4, 0.5) is 5.69 Å². The third kappa shape index (κ3) is 8.44. The van der Waals surface area contributed by atoms with Gasteiger partial charge in [0.2, 0.25) is 5.91 Å². The molecule has 0 aliphatic heterocycles. The number of hydrogen-bond donors (Lipinski definition) is 1. The number of allylic oxidation sites excluding steroid dienone is 1. The second-order valence-corrected chi connectivity index (χ2v) is 10.9. The topological polar surface area (TPSA) is 95.3 Å². The van der Waals surface area contributed by atoms with Crippen LogP contribution in [0.3, 0.4) is 0 Å². The lowest BCUT2D eigenvalue weighted by molar-refractivity contribution is -0.113. The summed E-state index contributed by atoms with van der Waals surface area (Å²) in [4.78, 5) is 24.9. The molecule has 0 radical (unpaired) electrons. The predicted molar refractivity (Wildman–Crippen MR) is 159 cm³/mol. The molecule has 39 heavy (non-hydrogen) atoms. The lowest BCUT2D eigenvalue weighted by Gasteiger charge is -2.15. The van der Waals surface area contributed by atoms with Gasteiger partial charge in [-0.25, -0.2) is 4.79 Å². The third-order valence-electron chi connectivity index (χ3n) is 5.85. The van der Waals surface area contributed by atoms with E-state index in [1.54, 1.807) is 37.3 Å². The minimum absolute atomic E-state index is 0.108. The molecular weight excluding hydrogens is 580 g/mol. The fourth-order valence-corrected chi connectivity index (χ4v) is 5.58. The summed E-state index contributed by atoms with van der Waals surface area (Å²) in [6.45, 7) is 13.3. The molecule has 0 saturated carbocycles. The molecule has 0 saturated heterocycles. The number of aryl methyl sites for hydroxylation is 2. The maximum atomic E-state index is 12.7. The van der Waals surface area contributed by atoms with Crippen molar-refractivity contribution in [2.45, 2.75) is 58.2 Å². The highest BCUT2D eigenvalue weighted by atomic mass is 79.9. The molecule has 0 atom stereocenters. The van der Waals surface area contributed by atoms with Crippen LogP contribution < -0.4 is 10.1 Å². The molecular formula is C29H35BrN4O4S. The first-order valence-corrected chi connectivity index (χ1v) is 14.7. The van der Waals surface area contributed by atoms with Gasteiger partial charge in [-0.15, -0.1) is 16.8 Å². The summed E-state index contributed by atoms with van der Waals surface area (Å²) in [7, 11) is 0. The molecule has 1 aromatic heterocycles. The molecule has 1 N–H and O–H groups in total. The average molecular weight is 616 g/mol. The second-order valence-electron chi connectivity index (χ2n) is 9.15. The summed E-state index contributed by atoms with van der Waals surface area (Å²) in [5, 5.41) is 12.1. The smallest absolute Gasteiger partial charge is 0.340 e. The van der Waals surface area contributed by atoms with E-state index in [9.17, 15) is 9.59 Å². The van der Waals surface area contributed by atoms with Gasteiger partial charge in [0.1, 0.15) is 11.6 Å². The van der Waals surface area contributed by atoms with E-state index in [1.165, 1.54) is 17.3 Å². The lowest BCUT2D eigenvalue weighted by atomic mass is 10.0.